The predicted molar refractivity (Wildman–Crippen MR) is 81.1 cm³/mol. The van der Waals surface area contributed by atoms with E-state index in [1.54, 1.807) is 37.4 Å². The van der Waals surface area contributed by atoms with Crippen molar-refractivity contribution in [2.45, 2.75) is 44.0 Å². The molecule has 1 saturated carbocycles. The van der Waals surface area contributed by atoms with Crippen molar-refractivity contribution in [1.82, 2.24) is 4.31 Å². The smallest absolute Gasteiger partial charge is 0.243 e. The molecule has 1 aliphatic rings. The maximum absolute atomic E-state index is 13.0. The molecule has 21 heavy (non-hydrogen) atoms. The van der Waals surface area contributed by atoms with Crippen LogP contribution in [0.4, 0.5) is 0 Å². The maximum Gasteiger partial charge on any atom is 0.243 e. The van der Waals surface area contributed by atoms with E-state index in [1.807, 2.05) is 0 Å². The highest BCUT2D eigenvalue weighted by atomic mass is 32.2. The van der Waals surface area contributed by atoms with Crippen LogP contribution in [0.15, 0.2) is 17.0 Å². The number of hydrogen-bond donors (Lipinski definition) is 1. The molecule has 0 unspecified atom stereocenters. The molecule has 0 bridgehead atoms. The van der Waals surface area contributed by atoms with Gasteiger partial charge in [0.15, 0.2) is 0 Å². The minimum atomic E-state index is -3.53. The standard InChI is InChI=1S/C15H23NO4S/c1-11-9-14(20-3)10-12(2)15(11)21(18,19)16(7-4-8-17)13-5-6-13/h9-10,13,17H,4-8H2,1-3H3. The van der Waals surface area contributed by atoms with Crippen molar-refractivity contribution in [3.8, 4) is 5.75 Å². The van der Waals surface area contributed by atoms with Crippen molar-refractivity contribution in [3.05, 3.63) is 23.3 Å². The van der Waals surface area contributed by atoms with Gasteiger partial charge in [-0.1, -0.05) is 0 Å². The van der Waals surface area contributed by atoms with Gasteiger partial charge in [0.1, 0.15) is 5.75 Å². The first-order valence-electron chi connectivity index (χ1n) is 7.19. The summed E-state index contributed by atoms with van der Waals surface area (Å²) in [5, 5.41) is 8.99. The molecule has 1 aromatic rings. The molecule has 0 saturated heterocycles. The number of hydrogen-bond acceptors (Lipinski definition) is 4. The Hall–Kier alpha value is -1.11. The quantitative estimate of drug-likeness (QED) is 0.834. The second kappa shape index (κ2) is 6.34. The summed E-state index contributed by atoms with van der Waals surface area (Å²) >= 11 is 0. The lowest BCUT2D eigenvalue weighted by atomic mass is 10.1. The Morgan fingerprint density at radius 1 is 1.29 bits per heavy atom. The van der Waals surface area contributed by atoms with E-state index in [2.05, 4.69) is 0 Å². The average molecular weight is 313 g/mol. The summed E-state index contributed by atoms with van der Waals surface area (Å²) in [7, 11) is -1.96. The van der Waals surface area contributed by atoms with Crippen molar-refractivity contribution in [2.24, 2.45) is 0 Å². The number of benzene rings is 1. The van der Waals surface area contributed by atoms with Crippen LogP contribution in [0.3, 0.4) is 0 Å². The largest absolute Gasteiger partial charge is 0.497 e. The molecule has 118 valence electrons. The third-order valence-electron chi connectivity index (χ3n) is 3.73. The van der Waals surface area contributed by atoms with Gasteiger partial charge in [-0.2, -0.15) is 4.31 Å². The second-order valence-electron chi connectivity index (χ2n) is 5.51. The maximum atomic E-state index is 13.0. The van der Waals surface area contributed by atoms with Crippen molar-refractivity contribution in [1.29, 1.82) is 0 Å². The first-order chi connectivity index (χ1) is 9.91. The zero-order valence-electron chi connectivity index (χ0n) is 12.8. The van der Waals surface area contributed by atoms with Crippen LogP contribution in [0, 0.1) is 13.8 Å². The number of ether oxygens (including phenoxy) is 1. The van der Waals surface area contributed by atoms with Gasteiger partial charge in [-0.3, -0.25) is 0 Å². The lowest BCUT2D eigenvalue weighted by molar-refractivity contribution is 0.267. The fourth-order valence-electron chi connectivity index (χ4n) is 2.64. The van der Waals surface area contributed by atoms with E-state index in [-0.39, 0.29) is 12.6 Å². The van der Waals surface area contributed by atoms with E-state index in [9.17, 15) is 8.42 Å². The predicted octanol–water partition coefficient (Wildman–Crippen LogP) is 1.85. The fourth-order valence-corrected chi connectivity index (χ4v) is 4.78. The Morgan fingerprint density at radius 3 is 2.29 bits per heavy atom. The van der Waals surface area contributed by atoms with Crippen LogP contribution in [0.2, 0.25) is 0 Å². The van der Waals surface area contributed by atoms with E-state index in [1.165, 1.54) is 0 Å². The minimum Gasteiger partial charge on any atom is -0.497 e. The molecule has 1 aromatic carbocycles. The van der Waals surface area contributed by atoms with Gasteiger partial charge in [-0.05, 0) is 56.4 Å². The fraction of sp³-hybridized carbons (Fsp3) is 0.600. The Bertz CT molecular complexity index is 585. The molecule has 0 spiro atoms. The molecule has 5 nitrogen and oxygen atoms in total. The van der Waals surface area contributed by atoms with Gasteiger partial charge in [0.2, 0.25) is 10.0 Å². The lowest BCUT2D eigenvalue weighted by Gasteiger charge is -2.24. The van der Waals surface area contributed by atoms with Crippen LogP contribution in [-0.4, -0.2) is 44.1 Å². The molecule has 0 atom stereocenters. The molecular weight excluding hydrogens is 290 g/mol. The van der Waals surface area contributed by atoms with Gasteiger partial charge in [0.05, 0.1) is 12.0 Å². The SMILES string of the molecule is COc1cc(C)c(S(=O)(=O)N(CCCO)C2CC2)c(C)c1. The third kappa shape index (κ3) is 3.39. The van der Waals surface area contributed by atoms with Crippen LogP contribution in [0.5, 0.6) is 5.75 Å². The normalized spacial score (nSPS) is 15.5. The monoisotopic (exact) mass is 313 g/mol. The van der Waals surface area contributed by atoms with E-state index < -0.39 is 10.0 Å². The van der Waals surface area contributed by atoms with Crippen LogP contribution in [0.25, 0.3) is 0 Å². The summed E-state index contributed by atoms with van der Waals surface area (Å²) in [5.74, 6) is 0.664. The van der Waals surface area contributed by atoms with Crippen molar-refractivity contribution in [3.63, 3.8) is 0 Å². The summed E-state index contributed by atoms with van der Waals surface area (Å²) in [6.45, 7) is 3.95. The molecule has 0 radical (unpaired) electrons. The number of methoxy groups -OCH3 is 1. The topological polar surface area (TPSA) is 66.8 Å². The van der Waals surface area contributed by atoms with E-state index in [4.69, 9.17) is 9.84 Å². The average Bonchev–Trinajstić information content (AvgIpc) is 3.22. The van der Waals surface area contributed by atoms with Gasteiger partial charge in [-0.25, -0.2) is 8.42 Å². The minimum absolute atomic E-state index is 0.000678. The number of aliphatic hydroxyl groups is 1. The van der Waals surface area contributed by atoms with Gasteiger partial charge in [-0.15, -0.1) is 0 Å². The molecule has 0 amide bonds. The van der Waals surface area contributed by atoms with Crippen LogP contribution in [0.1, 0.15) is 30.4 Å². The Kier molecular flexibility index (Phi) is 4.91. The van der Waals surface area contributed by atoms with Crippen molar-refractivity contribution in [2.75, 3.05) is 20.3 Å². The molecule has 2 rings (SSSR count). The van der Waals surface area contributed by atoms with E-state index >= 15 is 0 Å². The van der Waals surface area contributed by atoms with Gasteiger partial charge in [0, 0.05) is 19.2 Å². The first-order valence-corrected chi connectivity index (χ1v) is 8.63. The lowest BCUT2D eigenvalue weighted by Crippen LogP contribution is -2.35. The van der Waals surface area contributed by atoms with Crippen LogP contribution in [-0.2, 0) is 10.0 Å². The number of aliphatic hydroxyl groups excluding tert-OH is 1. The molecule has 0 heterocycles. The molecule has 1 N–H and O–H groups in total. The zero-order valence-corrected chi connectivity index (χ0v) is 13.6. The zero-order chi connectivity index (χ0) is 15.6. The second-order valence-corrected chi connectivity index (χ2v) is 7.34. The van der Waals surface area contributed by atoms with Crippen molar-refractivity contribution < 1.29 is 18.3 Å². The van der Waals surface area contributed by atoms with E-state index in [0.29, 0.717) is 34.7 Å². The molecule has 0 aromatic heterocycles. The van der Waals surface area contributed by atoms with Gasteiger partial charge in [0.25, 0.3) is 0 Å². The molecular formula is C15H23NO4S. The molecule has 1 aliphatic carbocycles. The number of nitrogens with zero attached hydrogens (tertiary/aromatic N) is 1. The highest BCUT2D eigenvalue weighted by Gasteiger charge is 2.38. The van der Waals surface area contributed by atoms with Crippen LogP contribution >= 0.6 is 0 Å². The van der Waals surface area contributed by atoms with Crippen LogP contribution < -0.4 is 4.74 Å². The highest BCUT2D eigenvalue weighted by Crippen LogP contribution is 2.35. The summed E-state index contributed by atoms with van der Waals surface area (Å²) in [4.78, 5) is 0.369. The highest BCUT2D eigenvalue weighted by molar-refractivity contribution is 7.89. The Labute approximate surface area is 126 Å². The van der Waals surface area contributed by atoms with Gasteiger partial charge < -0.3 is 9.84 Å². The van der Waals surface area contributed by atoms with Gasteiger partial charge >= 0.3 is 0 Å². The number of sulfonamides is 1. The Balaban J connectivity index is 2.42. The Morgan fingerprint density at radius 2 is 1.86 bits per heavy atom. The van der Waals surface area contributed by atoms with E-state index in [0.717, 1.165) is 12.8 Å². The van der Waals surface area contributed by atoms with Crippen molar-refractivity contribution >= 4 is 10.0 Å². The summed E-state index contributed by atoms with van der Waals surface area (Å²) in [5.41, 5.74) is 1.39. The summed E-state index contributed by atoms with van der Waals surface area (Å²) < 4.78 is 32.7. The first kappa shape index (κ1) is 16.3. The number of aryl methyl sites for hydroxylation is 2. The molecule has 1 fully saturated rings. The molecule has 0 aliphatic heterocycles. The number of rotatable bonds is 7. The summed E-state index contributed by atoms with van der Waals surface area (Å²) in [6, 6.07) is 3.58. The molecule has 6 heteroatoms. The summed E-state index contributed by atoms with van der Waals surface area (Å²) in [6.07, 6.45) is 2.27. The third-order valence-corrected chi connectivity index (χ3v) is 5.99.